The van der Waals surface area contributed by atoms with Gasteiger partial charge >= 0.3 is 0 Å². The quantitative estimate of drug-likeness (QED) is 0.298. The van der Waals surface area contributed by atoms with Crippen LogP contribution in [0.25, 0.3) is 28.2 Å². The van der Waals surface area contributed by atoms with Crippen molar-refractivity contribution in [1.29, 1.82) is 0 Å². The molecule has 0 bridgehead atoms. The fraction of sp³-hybridized carbons (Fsp3) is 0.0870. The van der Waals surface area contributed by atoms with Gasteiger partial charge in [-0.2, -0.15) is 5.10 Å². The van der Waals surface area contributed by atoms with Gasteiger partial charge in [0.15, 0.2) is 5.82 Å². The summed E-state index contributed by atoms with van der Waals surface area (Å²) >= 11 is 0. The zero-order valence-electron chi connectivity index (χ0n) is 16.5. The minimum atomic E-state index is -1.11. The number of benzene rings is 2. The molecule has 0 fully saturated rings. The van der Waals surface area contributed by atoms with Crippen LogP contribution in [0.1, 0.15) is 5.56 Å². The second-order valence-corrected chi connectivity index (χ2v) is 6.89. The lowest BCUT2D eigenvalue weighted by atomic mass is 10.1. The first-order valence-electron chi connectivity index (χ1n) is 9.71. The minimum Gasteiger partial charge on any atom is -0.394 e. The molecule has 0 saturated heterocycles. The van der Waals surface area contributed by atoms with Crippen molar-refractivity contribution in [3.05, 3.63) is 78.5 Å². The topological polar surface area (TPSA) is 123 Å². The van der Waals surface area contributed by atoms with E-state index in [-0.39, 0.29) is 0 Å². The number of aliphatic hydroxyl groups excluding tert-OH is 1. The Morgan fingerprint density at radius 3 is 2.68 bits per heavy atom. The molecule has 0 spiro atoms. The number of nitrogens with zero attached hydrogens (tertiary/aromatic N) is 1. The van der Waals surface area contributed by atoms with Gasteiger partial charge in [0.05, 0.1) is 12.3 Å². The highest BCUT2D eigenvalue weighted by atomic mass is 16.3. The Balaban J connectivity index is 1.37. The number of anilines is 1. The molecule has 156 valence electrons. The number of hydrogen-bond acceptors (Lipinski definition) is 4. The van der Waals surface area contributed by atoms with E-state index in [2.05, 4.69) is 25.8 Å². The van der Waals surface area contributed by atoms with Gasteiger partial charge in [0.2, 0.25) is 5.91 Å². The van der Waals surface area contributed by atoms with Crippen LogP contribution in [0, 0.1) is 0 Å². The van der Waals surface area contributed by atoms with Crippen LogP contribution < -0.4 is 10.6 Å². The minimum absolute atomic E-state index is 0.297. The molecule has 2 aromatic carbocycles. The van der Waals surface area contributed by atoms with E-state index in [1.807, 2.05) is 54.6 Å². The van der Waals surface area contributed by atoms with Gasteiger partial charge in [-0.15, -0.1) is 0 Å². The van der Waals surface area contributed by atoms with E-state index < -0.39 is 24.5 Å². The van der Waals surface area contributed by atoms with Crippen LogP contribution in [0.15, 0.2) is 72.9 Å². The Labute approximate surface area is 178 Å². The highest BCUT2D eigenvalue weighted by molar-refractivity contribution is 6.01. The number of aliphatic hydroxyl groups is 1. The van der Waals surface area contributed by atoms with Crippen molar-refractivity contribution in [2.45, 2.75) is 6.04 Å². The van der Waals surface area contributed by atoms with Crippen LogP contribution in [-0.2, 0) is 9.59 Å². The molecular weight excluding hydrogens is 394 g/mol. The first kappa shape index (κ1) is 20.1. The summed E-state index contributed by atoms with van der Waals surface area (Å²) in [6.07, 6.45) is 4.78. The molecule has 4 aromatic rings. The molecule has 8 nitrogen and oxygen atoms in total. The number of amides is 2. The third-order valence-corrected chi connectivity index (χ3v) is 4.76. The fourth-order valence-electron chi connectivity index (χ4n) is 3.18. The zero-order chi connectivity index (χ0) is 21.6. The highest BCUT2D eigenvalue weighted by Crippen LogP contribution is 2.20. The number of H-pyrrole nitrogens is 2. The maximum atomic E-state index is 12.5. The number of hydrogen-bond donors (Lipinski definition) is 5. The summed E-state index contributed by atoms with van der Waals surface area (Å²) in [5.74, 6) is -0.764. The summed E-state index contributed by atoms with van der Waals surface area (Å²) in [5, 5.41) is 22.6. The Bertz CT molecular complexity index is 1230. The third kappa shape index (κ3) is 4.71. The number of aromatic nitrogens is 3. The monoisotopic (exact) mass is 415 g/mol. The van der Waals surface area contributed by atoms with Crippen LogP contribution >= 0.6 is 0 Å². The van der Waals surface area contributed by atoms with Crippen molar-refractivity contribution >= 4 is 34.6 Å². The first-order valence-corrected chi connectivity index (χ1v) is 9.71. The molecule has 2 aromatic heterocycles. The van der Waals surface area contributed by atoms with Gasteiger partial charge in [0.25, 0.3) is 5.91 Å². The number of carbonyl (C=O) groups is 2. The predicted molar refractivity (Wildman–Crippen MR) is 119 cm³/mol. The zero-order valence-corrected chi connectivity index (χ0v) is 16.5. The summed E-state index contributed by atoms with van der Waals surface area (Å²) in [6.45, 7) is -0.547. The van der Waals surface area contributed by atoms with E-state index in [0.29, 0.717) is 5.82 Å². The van der Waals surface area contributed by atoms with Gasteiger partial charge in [-0.05, 0) is 23.3 Å². The maximum Gasteiger partial charge on any atom is 0.250 e. The van der Waals surface area contributed by atoms with Gasteiger partial charge in [-0.25, -0.2) is 0 Å². The number of carbonyl (C=O) groups excluding carboxylic acids is 2. The van der Waals surface area contributed by atoms with Crippen molar-refractivity contribution in [2.75, 3.05) is 11.9 Å². The molecule has 1 atom stereocenters. The molecule has 0 aliphatic rings. The lowest BCUT2D eigenvalue weighted by Crippen LogP contribution is -2.45. The highest BCUT2D eigenvalue weighted by Gasteiger charge is 2.20. The second-order valence-electron chi connectivity index (χ2n) is 6.89. The largest absolute Gasteiger partial charge is 0.394 e. The average molecular weight is 415 g/mol. The second kappa shape index (κ2) is 9.10. The molecule has 4 rings (SSSR count). The standard InChI is InChI=1S/C23H21N5O3/c29-14-20(23(31)26-21-12-19(27-28-21)15-6-2-1-3-7-15)25-22(30)11-10-16-13-24-18-9-5-4-8-17(16)18/h1-13,20,24,29H,14H2,(H,25,30)(H2,26,27,28,31)/t20-/m0/s1. The SMILES string of the molecule is O=C(C=Cc1c[nH]c2ccccc12)N[C@@H](CO)C(=O)Nc1cc(-c2ccccc2)[nH]n1. The number of nitrogens with one attached hydrogen (secondary N) is 4. The number of rotatable bonds is 7. The van der Waals surface area contributed by atoms with Crippen LogP contribution in [0.2, 0.25) is 0 Å². The molecule has 2 amide bonds. The normalized spacial score (nSPS) is 12.2. The first-order chi connectivity index (χ1) is 15.1. The van der Waals surface area contributed by atoms with E-state index in [1.54, 1.807) is 18.3 Å². The third-order valence-electron chi connectivity index (χ3n) is 4.76. The predicted octanol–water partition coefficient (Wildman–Crippen LogP) is 2.69. The maximum absolute atomic E-state index is 12.5. The van der Waals surface area contributed by atoms with Gasteiger partial charge < -0.3 is 20.7 Å². The molecule has 0 saturated carbocycles. The molecule has 31 heavy (non-hydrogen) atoms. The van der Waals surface area contributed by atoms with Gasteiger partial charge in [-0.3, -0.25) is 14.7 Å². The summed E-state index contributed by atoms with van der Waals surface area (Å²) in [6, 6.07) is 17.8. The molecule has 5 N–H and O–H groups in total. The number of para-hydroxylation sites is 1. The molecule has 2 heterocycles. The van der Waals surface area contributed by atoms with Crippen molar-refractivity contribution in [1.82, 2.24) is 20.5 Å². The lowest BCUT2D eigenvalue weighted by Gasteiger charge is -2.13. The van der Waals surface area contributed by atoms with E-state index in [9.17, 15) is 14.7 Å². The van der Waals surface area contributed by atoms with Crippen LogP contribution in [-0.4, -0.2) is 44.8 Å². The molecule has 0 aliphatic heterocycles. The smallest absolute Gasteiger partial charge is 0.250 e. The Hall–Kier alpha value is -4.17. The molecule has 0 radical (unpaired) electrons. The summed E-state index contributed by atoms with van der Waals surface area (Å²) < 4.78 is 0. The number of aromatic amines is 2. The van der Waals surface area contributed by atoms with Crippen molar-refractivity contribution < 1.29 is 14.7 Å². The molecular formula is C23H21N5O3. The Kier molecular flexibility index (Phi) is 5.91. The molecule has 0 unspecified atom stereocenters. The summed E-state index contributed by atoms with van der Waals surface area (Å²) in [5.41, 5.74) is 3.47. The van der Waals surface area contributed by atoms with E-state index in [4.69, 9.17) is 0 Å². The van der Waals surface area contributed by atoms with Crippen molar-refractivity contribution in [3.63, 3.8) is 0 Å². The van der Waals surface area contributed by atoms with Crippen molar-refractivity contribution in [2.24, 2.45) is 0 Å². The van der Waals surface area contributed by atoms with Gasteiger partial charge in [0, 0.05) is 29.2 Å². The summed E-state index contributed by atoms with van der Waals surface area (Å²) in [7, 11) is 0. The van der Waals surface area contributed by atoms with Gasteiger partial charge in [0.1, 0.15) is 6.04 Å². The summed E-state index contributed by atoms with van der Waals surface area (Å²) in [4.78, 5) is 27.9. The van der Waals surface area contributed by atoms with E-state index in [1.165, 1.54) is 6.08 Å². The van der Waals surface area contributed by atoms with Crippen LogP contribution in [0.4, 0.5) is 5.82 Å². The molecule has 8 heteroatoms. The molecule has 0 aliphatic carbocycles. The number of fused-ring (bicyclic) bond motifs is 1. The van der Waals surface area contributed by atoms with Crippen LogP contribution in [0.5, 0.6) is 0 Å². The lowest BCUT2D eigenvalue weighted by molar-refractivity contribution is -0.124. The van der Waals surface area contributed by atoms with Crippen molar-refractivity contribution in [3.8, 4) is 11.3 Å². The van der Waals surface area contributed by atoms with E-state index in [0.717, 1.165) is 27.7 Å². The fourth-order valence-corrected chi connectivity index (χ4v) is 3.18. The Morgan fingerprint density at radius 2 is 1.87 bits per heavy atom. The average Bonchev–Trinajstić information content (AvgIpc) is 3.43. The van der Waals surface area contributed by atoms with Crippen LogP contribution in [0.3, 0.4) is 0 Å². The van der Waals surface area contributed by atoms with E-state index >= 15 is 0 Å². The Morgan fingerprint density at radius 1 is 1.10 bits per heavy atom. The van der Waals surface area contributed by atoms with Gasteiger partial charge in [-0.1, -0.05) is 48.5 Å².